The summed E-state index contributed by atoms with van der Waals surface area (Å²) in [5, 5.41) is 14.4. The van der Waals surface area contributed by atoms with Gasteiger partial charge in [-0.25, -0.2) is 5.01 Å². The first-order valence-electron chi connectivity index (χ1n) is 10.8. The molecule has 11 heteroatoms. The number of nitrogens with two attached hydrogens (primary N) is 1. The van der Waals surface area contributed by atoms with E-state index in [2.05, 4.69) is 27.2 Å². The molecule has 2 aromatic rings. The molecule has 2 aliphatic heterocycles. The summed E-state index contributed by atoms with van der Waals surface area (Å²) in [7, 11) is 3.02. The third-order valence-electron chi connectivity index (χ3n) is 5.42. The van der Waals surface area contributed by atoms with Gasteiger partial charge in [-0.3, -0.25) is 9.69 Å². The average molecular weight is 495 g/mol. The Labute approximate surface area is 207 Å². The zero-order chi connectivity index (χ0) is 24.8. The number of hydrogen-bond acceptors (Lipinski definition) is 10. The van der Waals surface area contributed by atoms with Crippen LogP contribution >= 0.6 is 11.8 Å². The highest BCUT2D eigenvalue weighted by molar-refractivity contribution is 8.04. The molecule has 35 heavy (non-hydrogen) atoms. The number of hydrazone groups is 1. The third kappa shape index (κ3) is 5.09. The van der Waals surface area contributed by atoms with Gasteiger partial charge in [0.05, 0.1) is 18.5 Å². The molecule has 0 radical (unpaired) electrons. The lowest BCUT2D eigenvalue weighted by atomic mass is 10.0. The minimum absolute atomic E-state index is 0.0187. The first-order valence-corrected chi connectivity index (χ1v) is 11.7. The minimum atomic E-state index is -0.688. The van der Waals surface area contributed by atoms with E-state index in [0.717, 1.165) is 22.0 Å². The van der Waals surface area contributed by atoms with Crippen molar-refractivity contribution in [2.75, 3.05) is 19.1 Å². The lowest BCUT2D eigenvalue weighted by molar-refractivity contribution is -0.112. The Bertz CT molecular complexity index is 1210. The molecule has 0 saturated carbocycles. The van der Waals surface area contributed by atoms with E-state index in [-0.39, 0.29) is 17.8 Å². The largest absolute Gasteiger partial charge is 0.495 e. The summed E-state index contributed by atoms with van der Waals surface area (Å²) >= 11 is 1.72. The zero-order valence-electron chi connectivity index (χ0n) is 19.6. The number of rotatable bonds is 10. The van der Waals surface area contributed by atoms with Crippen molar-refractivity contribution in [1.29, 1.82) is 0 Å². The number of carbonyl (C=O) groups excluding carboxylic acids is 1. The smallest absolute Gasteiger partial charge is 0.271 e. The molecule has 0 aromatic heterocycles. The Morgan fingerprint density at radius 1 is 1.20 bits per heavy atom. The van der Waals surface area contributed by atoms with Crippen LogP contribution in [0.1, 0.15) is 24.5 Å². The lowest BCUT2D eigenvalue weighted by Crippen LogP contribution is -2.33. The van der Waals surface area contributed by atoms with Crippen molar-refractivity contribution in [2.24, 2.45) is 21.1 Å². The number of methoxy groups -OCH3 is 1. The molecule has 1 atom stereocenters. The molecule has 2 aliphatic rings. The molecule has 2 heterocycles. The van der Waals surface area contributed by atoms with Gasteiger partial charge in [-0.1, -0.05) is 58.5 Å². The molecule has 0 saturated heterocycles. The number of amides is 1. The van der Waals surface area contributed by atoms with Gasteiger partial charge in [0.25, 0.3) is 5.91 Å². The highest BCUT2D eigenvalue weighted by Gasteiger charge is 2.39. The Hall–Kier alpha value is -3.99. The van der Waals surface area contributed by atoms with Gasteiger partial charge in [-0.2, -0.15) is 5.10 Å². The average Bonchev–Trinajstić information content (AvgIpc) is 3.40. The standard InChI is InChI=1S/C24H26N6O4S/c1-16-19(30-24(35-16)29(15-26-30)20-10-6-7-11-21(20)32-2)12-13-27-34-14-17-8-4-5-9-18(17)22(23(25)31)28-33-3/h4-11,13,15,24H,12,14H2,1-3H3,(H2,25,31)/b27-13?,28-22+. The number of fused-ring (bicyclic) bond motifs is 1. The van der Waals surface area contributed by atoms with Crippen LogP contribution in [0.3, 0.4) is 0 Å². The molecule has 0 fully saturated rings. The number of nitrogens with zero attached hydrogens (tertiary/aromatic N) is 5. The van der Waals surface area contributed by atoms with E-state index < -0.39 is 5.91 Å². The van der Waals surface area contributed by atoms with Gasteiger partial charge in [-0.15, -0.1) is 0 Å². The fourth-order valence-electron chi connectivity index (χ4n) is 3.78. The van der Waals surface area contributed by atoms with Gasteiger partial charge in [0, 0.05) is 28.7 Å². The van der Waals surface area contributed by atoms with Crippen LogP contribution in [0.2, 0.25) is 0 Å². The molecule has 0 spiro atoms. The molecular weight excluding hydrogens is 468 g/mol. The number of thioether (sulfide) groups is 1. The second kappa shape index (κ2) is 11.0. The Kier molecular flexibility index (Phi) is 7.56. The summed E-state index contributed by atoms with van der Waals surface area (Å²) in [5.74, 6) is 0.101. The number of primary amides is 1. The number of ether oxygens (including phenoxy) is 1. The van der Waals surface area contributed by atoms with Crippen molar-refractivity contribution in [3.05, 3.63) is 70.3 Å². The molecule has 1 unspecified atom stereocenters. The van der Waals surface area contributed by atoms with Crippen LogP contribution in [0.15, 0.2) is 74.5 Å². The minimum Gasteiger partial charge on any atom is -0.495 e. The third-order valence-corrected chi connectivity index (χ3v) is 6.65. The zero-order valence-corrected chi connectivity index (χ0v) is 20.4. The van der Waals surface area contributed by atoms with Gasteiger partial charge in [-0.05, 0) is 19.1 Å². The molecule has 0 aliphatic carbocycles. The van der Waals surface area contributed by atoms with Crippen LogP contribution in [0, 0.1) is 0 Å². The van der Waals surface area contributed by atoms with Gasteiger partial charge >= 0.3 is 0 Å². The highest BCUT2D eigenvalue weighted by atomic mass is 32.2. The molecule has 0 bridgehead atoms. The van der Waals surface area contributed by atoms with Crippen LogP contribution in [-0.4, -0.2) is 48.9 Å². The predicted molar refractivity (Wildman–Crippen MR) is 137 cm³/mol. The number of carbonyl (C=O) groups is 1. The Morgan fingerprint density at radius 3 is 2.74 bits per heavy atom. The summed E-state index contributed by atoms with van der Waals surface area (Å²) in [4.78, 5) is 25.2. The van der Waals surface area contributed by atoms with E-state index in [1.807, 2.05) is 47.7 Å². The second-order valence-corrected chi connectivity index (χ2v) is 8.78. The summed E-state index contributed by atoms with van der Waals surface area (Å²) < 4.78 is 5.52. The van der Waals surface area contributed by atoms with Gasteiger partial charge < -0.3 is 20.1 Å². The number of allylic oxidation sites excluding steroid dienone is 2. The topological polar surface area (TPSA) is 114 Å². The number of benzene rings is 2. The maximum absolute atomic E-state index is 11.7. The Balaban J connectivity index is 1.38. The van der Waals surface area contributed by atoms with E-state index in [0.29, 0.717) is 17.5 Å². The van der Waals surface area contributed by atoms with Gasteiger partial charge in [0.1, 0.15) is 25.8 Å². The SMILES string of the molecule is CO/N=C(/C(N)=O)c1ccccc1CON=CCC1=C(C)SC2N1N=CN2c1ccccc1OC. The molecule has 2 N–H and O–H groups in total. The quantitative estimate of drug-likeness (QED) is 0.397. The maximum Gasteiger partial charge on any atom is 0.271 e. The highest BCUT2D eigenvalue weighted by Crippen LogP contribution is 2.45. The maximum atomic E-state index is 11.7. The monoisotopic (exact) mass is 494 g/mol. The summed E-state index contributed by atoms with van der Waals surface area (Å²) in [5.41, 5.74) is 8.69. The van der Waals surface area contributed by atoms with E-state index >= 15 is 0 Å². The van der Waals surface area contributed by atoms with Crippen molar-refractivity contribution in [1.82, 2.24) is 5.01 Å². The summed E-state index contributed by atoms with van der Waals surface area (Å²) in [6.45, 7) is 2.21. The fraction of sp³-hybridized carbons (Fsp3) is 0.250. The van der Waals surface area contributed by atoms with Crippen molar-refractivity contribution in [3.63, 3.8) is 0 Å². The first-order chi connectivity index (χ1) is 17.0. The van der Waals surface area contributed by atoms with Crippen molar-refractivity contribution in [2.45, 2.75) is 25.4 Å². The van der Waals surface area contributed by atoms with Crippen molar-refractivity contribution in [3.8, 4) is 5.75 Å². The van der Waals surface area contributed by atoms with Crippen LogP contribution in [0.4, 0.5) is 5.69 Å². The molecule has 1 amide bonds. The lowest BCUT2D eigenvalue weighted by Gasteiger charge is -2.26. The van der Waals surface area contributed by atoms with Crippen molar-refractivity contribution < 1.29 is 19.2 Å². The number of oxime groups is 2. The van der Waals surface area contributed by atoms with Gasteiger partial charge in [0.2, 0.25) is 0 Å². The van der Waals surface area contributed by atoms with E-state index in [4.69, 9.17) is 20.1 Å². The summed E-state index contributed by atoms with van der Waals surface area (Å²) in [6.07, 6.45) is 4.06. The summed E-state index contributed by atoms with van der Waals surface area (Å²) in [6, 6.07) is 15.0. The number of anilines is 1. The predicted octanol–water partition coefficient (Wildman–Crippen LogP) is 3.45. The van der Waals surface area contributed by atoms with E-state index in [1.165, 1.54) is 7.11 Å². The number of para-hydroxylation sites is 2. The van der Waals surface area contributed by atoms with Crippen molar-refractivity contribution >= 4 is 41.6 Å². The molecule has 10 nitrogen and oxygen atoms in total. The molecular formula is C24H26N6O4S. The fourth-order valence-corrected chi connectivity index (χ4v) is 4.97. The van der Waals surface area contributed by atoms with Crippen LogP contribution < -0.4 is 15.4 Å². The van der Waals surface area contributed by atoms with E-state index in [9.17, 15) is 4.79 Å². The second-order valence-electron chi connectivity index (χ2n) is 7.51. The normalized spacial score (nSPS) is 17.3. The molecule has 182 valence electrons. The number of hydrogen-bond donors (Lipinski definition) is 1. The Morgan fingerprint density at radius 2 is 1.97 bits per heavy atom. The van der Waals surface area contributed by atoms with Gasteiger partial charge in [0.15, 0.2) is 11.2 Å². The van der Waals surface area contributed by atoms with Crippen LogP contribution in [0.25, 0.3) is 0 Å². The van der Waals surface area contributed by atoms with Crippen LogP contribution in [0.5, 0.6) is 5.75 Å². The van der Waals surface area contributed by atoms with Crippen LogP contribution in [-0.2, 0) is 21.1 Å². The first kappa shape index (κ1) is 24.1. The molecule has 2 aromatic carbocycles. The van der Waals surface area contributed by atoms with E-state index in [1.54, 1.807) is 37.2 Å². The molecule has 4 rings (SSSR count).